The first kappa shape index (κ1) is 23.3. The summed E-state index contributed by atoms with van der Waals surface area (Å²) in [6, 6.07) is 21.9. The zero-order valence-electron chi connectivity index (χ0n) is 18.8. The van der Waals surface area contributed by atoms with E-state index in [2.05, 4.69) is 10.6 Å². The van der Waals surface area contributed by atoms with E-state index in [0.29, 0.717) is 22.7 Å². The Bertz CT molecular complexity index is 1260. The topological polar surface area (TPSA) is 91.2 Å². The Morgan fingerprint density at radius 2 is 1.73 bits per heavy atom. The first-order valence-corrected chi connectivity index (χ1v) is 10.4. The average Bonchev–Trinajstić information content (AvgIpc) is 2.79. The van der Waals surface area contributed by atoms with Crippen LogP contribution in [0.3, 0.4) is 0 Å². The first-order chi connectivity index (χ1) is 15.9. The molecular formula is C27H25N3O3. The number of ether oxygens (including phenoxy) is 1. The van der Waals surface area contributed by atoms with Gasteiger partial charge < -0.3 is 15.4 Å². The maximum absolute atomic E-state index is 12.7. The number of benzene rings is 3. The number of amides is 2. The van der Waals surface area contributed by atoms with Gasteiger partial charge in [-0.3, -0.25) is 9.59 Å². The van der Waals surface area contributed by atoms with E-state index in [0.717, 1.165) is 16.7 Å². The molecule has 0 spiro atoms. The van der Waals surface area contributed by atoms with Gasteiger partial charge in [0.1, 0.15) is 17.4 Å². The Kier molecular flexibility index (Phi) is 7.61. The smallest absolute Gasteiger partial charge is 0.266 e. The number of anilines is 2. The third-order valence-electron chi connectivity index (χ3n) is 5.10. The lowest BCUT2D eigenvalue weighted by molar-refractivity contribution is -0.118. The highest BCUT2D eigenvalue weighted by Gasteiger charge is 2.13. The van der Waals surface area contributed by atoms with Crippen molar-refractivity contribution in [3.63, 3.8) is 0 Å². The monoisotopic (exact) mass is 439 g/mol. The second-order valence-corrected chi connectivity index (χ2v) is 7.62. The van der Waals surface area contributed by atoms with Gasteiger partial charge in [0.15, 0.2) is 6.61 Å². The highest BCUT2D eigenvalue weighted by Crippen LogP contribution is 2.23. The van der Waals surface area contributed by atoms with Crippen molar-refractivity contribution in [1.29, 1.82) is 5.26 Å². The van der Waals surface area contributed by atoms with Crippen LogP contribution in [-0.4, -0.2) is 18.4 Å². The number of rotatable bonds is 7. The van der Waals surface area contributed by atoms with Crippen molar-refractivity contribution in [2.75, 3.05) is 17.2 Å². The lowest BCUT2D eigenvalue weighted by atomic mass is 10.1. The van der Waals surface area contributed by atoms with Crippen LogP contribution in [0.4, 0.5) is 11.4 Å². The predicted octanol–water partition coefficient (Wildman–Crippen LogP) is 5.18. The highest BCUT2D eigenvalue weighted by atomic mass is 16.5. The molecule has 6 nitrogen and oxygen atoms in total. The van der Waals surface area contributed by atoms with Crippen molar-refractivity contribution >= 4 is 29.3 Å². The summed E-state index contributed by atoms with van der Waals surface area (Å²) in [5, 5.41) is 15.1. The number of para-hydroxylation sites is 1. The van der Waals surface area contributed by atoms with Crippen molar-refractivity contribution < 1.29 is 14.3 Å². The molecule has 166 valence electrons. The number of aryl methyl sites for hydroxylation is 2. The standard InChI is InChI=1S/C27H25N3O3/c1-18-8-6-11-23(14-18)29-26(31)17-33-25-13-5-4-10-21(25)15-22(16-28)27(32)30-24-12-7-9-19(2)20(24)3/h4-15H,17H2,1-3H3,(H,29,31)(H,30,32)/b22-15+. The van der Waals surface area contributed by atoms with Crippen molar-refractivity contribution in [2.45, 2.75) is 20.8 Å². The zero-order chi connectivity index (χ0) is 23.8. The Hall–Kier alpha value is -4.37. The molecular weight excluding hydrogens is 414 g/mol. The summed E-state index contributed by atoms with van der Waals surface area (Å²) in [7, 11) is 0. The highest BCUT2D eigenvalue weighted by molar-refractivity contribution is 6.10. The molecule has 3 aromatic carbocycles. The van der Waals surface area contributed by atoms with E-state index in [-0.39, 0.29) is 18.1 Å². The lowest BCUT2D eigenvalue weighted by Crippen LogP contribution is -2.20. The maximum atomic E-state index is 12.7. The molecule has 0 heterocycles. The molecule has 0 radical (unpaired) electrons. The maximum Gasteiger partial charge on any atom is 0.266 e. The number of carbonyl (C=O) groups is 2. The van der Waals surface area contributed by atoms with Crippen LogP contribution in [0, 0.1) is 32.1 Å². The zero-order valence-corrected chi connectivity index (χ0v) is 18.8. The number of carbonyl (C=O) groups excluding carboxylic acids is 2. The normalized spacial score (nSPS) is 10.8. The van der Waals surface area contributed by atoms with Crippen LogP contribution >= 0.6 is 0 Å². The number of nitrogens with one attached hydrogen (secondary N) is 2. The van der Waals surface area contributed by atoms with Crippen molar-refractivity contribution in [2.24, 2.45) is 0 Å². The van der Waals surface area contributed by atoms with Gasteiger partial charge in [-0.1, -0.05) is 42.5 Å². The van der Waals surface area contributed by atoms with Crippen LogP contribution < -0.4 is 15.4 Å². The first-order valence-electron chi connectivity index (χ1n) is 10.4. The molecule has 0 aliphatic carbocycles. The van der Waals surface area contributed by atoms with Gasteiger partial charge in [0.05, 0.1) is 0 Å². The molecule has 2 amide bonds. The van der Waals surface area contributed by atoms with E-state index in [4.69, 9.17) is 4.74 Å². The van der Waals surface area contributed by atoms with Crippen LogP contribution in [0.5, 0.6) is 5.75 Å². The molecule has 0 aliphatic rings. The van der Waals surface area contributed by atoms with Gasteiger partial charge in [-0.2, -0.15) is 5.26 Å². The molecule has 3 aromatic rings. The van der Waals surface area contributed by atoms with Gasteiger partial charge in [-0.15, -0.1) is 0 Å². The van der Waals surface area contributed by atoms with Crippen LogP contribution in [0.25, 0.3) is 6.08 Å². The van der Waals surface area contributed by atoms with Gasteiger partial charge in [-0.05, 0) is 67.8 Å². The number of nitriles is 1. The molecule has 0 saturated carbocycles. The quantitative estimate of drug-likeness (QED) is 0.392. The molecule has 0 fully saturated rings. The van der Waals surface area contributed by atoms with Gasteiger partial charge in [0.2, 0.25) is 0 Å². The number of hydrogen-bond donors (Lipinski definition) is 2. The third-order valence-corrected chi connectivity index (χ3v) is 5.10. The summed E-state index contributed by atoms with van der Waals surface area (Å²) >= 11 is 0. The molecule has 33 heavy (non-hydrogen) atoms. The number of nitrogens with zero attached hydrogens (tertiary/aromatic N) is 1. The SMILES string of the molecule is Cc1cccc(NC(=O)COc2ccccc2/C=C(\C#N)C(=O)Nc2cccc(C)c2C)c1. The summed E-state index contributed by atoms with van der Waals surface area (Å²) in [6.45, 7) is 5.59. The van der Waals surface area contributed by atoms with Crippen LogP contribution in [0.2, 0.25) is 0 Å². The fraction of sp³-hybridized carbons (Fsp3) is 0.148. The Morgan fingerprint density at radius 1 is 0.970 bits per heavy atom. The average molecular weight is 440 g/mol. The summed E-state index contributed by atoms with van der Waals surface area (Å²) < 4.78 is 5.68. The van der Waals surface area contributed by atoms with E-state index in [1.807, 2.05) is 57.2 Å². The van der Waals surface area contributed by atoms with Gasteiger partial charge in [0.25, 0.3) is 11.8 Å². The molecule has 0 aromatic heterocycles. The van der Waals surface area contributed by atoms with Crippen molar-refractivity contribution in [3.8, 4) is 11.8 Å². The third kappa shape index (κ3) is 6.31. The van der Waals surface area contributed by atoms with Gasteiger partial charge >= 0.3 is 0 Å². The molecule has 0 saturated heterocycles. The van der Waals surface area contributed by atoms with E-state index in [1.54, 1.807) is 36.4 Å². The summed E-state index contributed by atoms with van der Waals surface area (Å²) in [6.07, 6.45) is 1.45. The Balaban J connectivity index is 1.72. The van der Waals surface area contributed by atoms with E-state index >= 15 is 0 Å². The number of hydrogen-bond acceptors (Lipinski definition) is 4. The van der Waals surface area contributed by atoms with Crippen LogP contribution in [0.15, 0.2) is 72.3 Å². The van der Waals surface area contributed by atoms with Crippen molar-refractivity contribution in [3.05, 3.63) is 94.6 Å². The van der Waals surface area contributed by atoms with Crippen molar-refractivity contribution in [1.82, 2.24) is 0 Å². The molecule has 0 aliphatic heterocycles. The van der Waals surface area contributed by atoms with Crippen LogP contribution in [0.1, 0.15) is 22.3 Å². The minimum atomic E-state index is -0.516. The van der Waals surface area contributed by atoms with Gasteiger partial charge in [0, 0.05) is 16.9 Å². The largest absolute Gasteiger partial charge is 0.483 e. The summed E-state index contributed by atoms with van der Waals surface area (Å²) in [5.41, 5.74) is 4.80. The minimum absolute atomic E-state index is 0.0730. The molecule has 2 N–H and O–H groups in total. The second kappa shape index (κ2) is 10.8. The molecule has 0 unspecified atom stereocenters. The fourth-order valence-corrected chi connectivity index (χ4v) is 3.17. The molecule has 0 bridgehead atoms. The molecule has 3 rings (SSSR count). The summed E-state index contributed by atoms with van der Waals surface area (Å²) in [4.78, 5) is 25.0. The Morgan fingerprint density at radius 3 is 2.48 bits per heavy atom. The molecule has 6 heteroatoms. The fourth-order valence-electron chi connectivity index (χ4n) is 3.17. The molecule has 0 atom stereocenters. The minimum Gasteiger partial charge on any atom is -0.483 e. The van der Waals surface area contributed by atoms with Gasteiger partial charge in [-0.25, -0.2) is 0 Å². The Labute approximate surface area is 193 Å². The lowest BCUT2D eigenvalue weighted by Gasteiger charge is -2.11. The predicted molar refractivity (Wildman–Crippen MR) is 130 cm³/mol. The van der Waals surface area contributed by atoms with E-state index in [1.165, 1.54) is 6.08 Å². The van der Waals surface area contributed by atoms with Crippen LogP contribution in [-0.2, 0) is 9.59 Å². The summed E-state index contributed by atoms with van der Waals surface area (Å²) in [5.74, 6) is -0.435. The second-order valence-electron chi connectivity index (χ2n) is 7.62. The van der Waals surface area contributed by atoms with E-state index < -0.39 is 5.91 Å². The van der Waals surface area contributed by atoms with E-state index in [9.17, 15) is 14.9 Å².